The molecule has 2 aromatic carbocycles. The van der Waals surface area contributed by atoms with E-state index in [2.05, 4.69) is 5.32 Å². The minimum absolute atomic E-state index is 0.0474. The number of halogens is 2. The molecule has 2 aromatic rings. The second-order valence-electron chi connectivity index (χ2n) is 4.70. The average Bonchev–Trinajstić information content (AvgIpc) is 2.51. The van der Waals surface area contributed by atoms with Gasteiger partial charge in [0.15, 0.2) is 0 Å². The van der Waals surface area contributed by atoms with Crippen molar-refractivity contribution in [2.75, 3.05) is 5.32 Å². The Labute approximate surface area is 142 Å². The highest BCUT2D eigenvalue weighted by molar-refractivity contribution is 6.32. The van der Waals surface area contributed by atoms with Crippen LogP contribution in [0.2, 0.25) is 10.0 Å². The number of amides is 1. The number of nitrogens with one attached hydrogen (secondary N) is 1. The summed E-state index contributed by atoms with van der Waals surface area (Å²) in [7, 11) is 0. The van der Waals surface area contributed by atoms with Crippen LogP contribution < -0.4 is 5.32 Å². The highest BCUT2D eigenvalue weighted by Gasteiger charge is 2.11. The standard InChI is InChI=1S/C16H12Cl2N2O3/c1-10-12(17)3-2-4-14(10)19-16(21)8-6-11-5-7-13(18)15(9-11)20(22)23/h2-9H,1H3,(H,19,21). The minimum atomic E-state index is -0.574. The molecule has 0 heterocycles. The third kappa shape index (κ3) is 4.31. The van der Waals surface area contributed by atoms with Crippen molar-refractivity contribution in [3.8, 4) is 0 Å². The van der Waals surface area contributed by atoms with E-state index in [0.29, 0.717) is 16.3 Å². The van der Waals surface area contributed by atoms with E-state index in [1.165, 1.54) is 24.3 Å². The molecule has 0 aromatic heterocycles. The van der Waals surface area contributed by atoms with Gasteiger partial charge >= 0.3 is 0 Å². The molecular formula is C16H12Cl2N2O3. The molecule has 5 nitrogen and oxygen atoms in total. The van der Waals surface area contributed by atoms with E-state index >= 15 is 0 Å². The number of nitro benzene ring substituents is 1. The molecule has 0 bridgehead atoms. The Bertz CT molecular complexity index is 804. The molecule has 0 radical (unpaired) electrons. The van der Waals surface area contributed by atoms with E-state index in [0.717, 1.165) is 5.56 Å². The normalized spacial score (nSPS) is 10.7. The third-order valence-corrected chi connectivity index (χ3v) is 3.85. The van der Waals surface area contributed by atoms with Gasteiger partial charge in [0.2, 0.25) is 5.91 Å². The number of nitro groups is 1. The summed E-state index contributed by atoms with van der Waals surface area (Å²) < 4.78 is 0. The highest BCUT2D eigenvalue weighted by Crippen LogP contribution is 2.26. The summed E-state index contributed by atoms with van der Waals surface area (Å²) in [4.78, 5) is 22.2. The fourth-order valence-electron chi connectivity index (χ4n) is 1.86. The van der Waals surface area contributed by atoms with Crippen LogP contribution in [0.5, 0.6) is 0 Å². The van der Waals surface area contributed by atoms with E-state index in [1.807, 2.05) is 0 Å². The number of nitrogens with zero attached hydrogens (tertiary/aromatic N) is 1. The molecule has 0 aliphatic carbocycles. The van der Waals surface area contributed by atoms with Crippen LogP contribution in [0.4, 0.5) is 11.4 Å². The summed E-state index contributed by atoms with van der Waals surface area (Å²) >= 11 is 11.7. The van der Waals surface area contributed by atoms with E-state index in [4.69, 9.17) is 23.2 Å². The maximum absolute atomic E-state index is 11.9. The molecule has 23 heavy (non-hydrogen) atoms. The van der Waals surface area contributed by atoms with Crippen LogP contribution in [0.25, 0.3) is 6.08 Å². The first-order valence-electron chi connectivity index (χ1n) is 6.56. The molecule has 2 rings (SSSR count). The number of carbonyl (C=O) groups excluding carboxylic acids is 1. The summed E-state index contributed by atoms with van der Waals surface area (Å²) in [6, 6.07) is 9.51. The van der Waals surface area contributed by atoms with Gasteiger partial charge in [-0.25, -0.2) is 0 Å². The van der Waals surface area contributed by atoms with Crippen molar-refractivity contribution in [3.63, 3.8) is 0 Å². The van der Waals surface area contributed by atoms with Gasteiger partial charge in [-0.3, -0.25) is 14.9 Å². The highest BCUT2D eigenvalue weighted by atomic mass is 35.5. The number of rotatable bonds is 4. The zero-order valence-corrected chi connectivity index (χ0v) is 13.6. The van der Waals surface area contributed by atoms with Gasteiger partial charge in [0.25, 0.3) is 5.69 Å². The smallest absolute Gasteiger partial charge is 0.288 e. The summed E-state index contributed by atoms with van der Waals surface area (Å²) in [5.74, 6) is -0.368. The molecule has 0 unspecified atom stereocenters. The number of anilines is 1. The quantitative estimate of drug-likeness (QED) is 0.486. The van der Waals surface area contributed by atoms with Gasteiger partial charge in [-0.2, -0.15) is 0 Å². The van der Waals surface area contributed by atoms with Crippen LogP contribution in [0, 0.1) is 17.0 Å². The first-order chi connectivity index (χ1) is 10.9. The lowest BCUT2D eigenvalue weighted by Gasteiger charge is -2.07. The van der Waals surface area contributed by atoms with Crippen LogP contribution in [0.1, 0.15) is 11.1 Å². The fraction of sp³-hybridized carbons (Fsp3) is 0.0625. The van der Waals surface area contributed by atoms with Crippen LogP contribution in [0.15, 0.2) is 42.5 Å². The zero-order valence-electron chi connectivity index (χ0n) is 12.0. The maximum atomic E-state index is 11.9. The van der Waals surface area contributed by atoms with Crippen molar-refractivity contribution >= 4 is 46.6 Å². The molecule has 0 atom stereocenters. The van der Waals surface area contributed by atoms with E-state index < -0.39 is 4.92 Å². The maximum Gasteiger partial charge on any atom is 0.288 e. The third-order valence-electron chi connectivity index (χ3n) is 3.12. The van der Waals surface area contributed by atoms with Crippen molar-refractivity contribution in [2.24, 2.45) is 0 Å². The van der Waals surface area contributed by atoms with E-state index in [9.17, 15) is 14.9 Å². The minimum Gasteiger partial charge on any atom is -0.322 e. The second-order valence-corrected chi connectivity index (χ2v) is 5.52. The zero-order chi connectivity index (χ0) is 17.0. The molecule has 0 fully saturated rings. The van der Waals surface area contributed by atoms with Crippen molar-refractivity contribution in [1.29, 1.82) is 0 Å². The van der Waals surface area contributed by atoms with Gasteiger partial charge in [-0.1, -0.05) is 35.3 Å². The SMILES string of the molecule is Cc1c(Cl)cccc1NC(=O)C=Cc1ccc(Cl)c([N+](=O)[O-])c1. The molecule has 1 amide bonds. The molecule has 0 aliphatic rings. The van der Waals surface area contributed by atoms with Gasteiger partial charge in [-0.15, -0.1) is 0 Å². The van der Waals surface area contributed by atoms with Crippen molar-refractivity contribution < 1.29 is 9.72 Å². The van der Waals surface area contributed by atoms with E-state index in [-0.39, 0.29) is 16.6 Å². The number of hydrogen-bond acceptors (Lipinski definition) is 3. The summed E-state index contributed by atoms with van der Waals surface area (Å²) in [5.41, 5.74) is 1.66. The van der Waals surface area contributed by atoms with Gasteiger partial charge in [-0.05, 0) is 42.3 Å². The predicted molar refractivity (Wildman–Crippen MR) is 92.0 cm³/mol. The molecular weight excluding hydrogens is 339 g/mol. The molecule has 0 spiro atoms. The number of hydrogen-bond donors (Lipinski definition) is 1. The monoisotopic (exact) mass is 350 g/mol. The molecule has 0 saturated heterocycles. The fourth-order valence-corrected chi connectivity index (χ4v) is 2.22. The largest absolute Gasteiger partial charge is 0.322 e. The first-order valence-corrected chi connectivity index (χ1v) is 7.32. The Morgan fingerprint density at radius 2 is 1.96 bits per heavy atom. The Balaban J connectivity index is 2.14. The Morgan fingerprint density at radius 3 is 2.65 bits per heavy atom. The first kappa shape index (κ1) is 17.0. The molecule has 7 heteroatoms. The number of carbonyl (C=O) groups is 1. The van der Waals surface area contributed by atoms with Crippen molar-refractivity contribution in [1.82, 2.24) is 0 Å². The van der Waals surface area contributed by atoms with Crippen molar-refractivity contribution in [3.05, 3.63) is 73.8 Å². The summed E-state index contributed by atoms with van der Waals surface area (Å²) in [6.07, 6.45) is 2.76. The van der Waals surface area contributed by atoms with Crippen molar-refractivity contribution in [2.45, 2.75) is 6.92 Å². The van der Waals surface area contributed by atoms with Gasteiger partial charge < -0.3 is 5.32 Å². The predicted octanol–water partition coefficient (Wildman–Crippen LogP) is 4.86. The Kier molecular flexibility index (Phi) is 5.36. The molecule has 0 aliphatic heterocycles. The summed E-state index contributed by atoms with van der Waals surface area (Å²) in [6.45, 7) is 1.80. The average molecular weight is 351 g/mol. The summed E-state index contributed by atoms with van der Waals surface area (Å²) in [5, 5.41) is 14.1. The number of benzene rings is 2. The van der Waals surface area contributed by atoms with Crippen LogP contribution in [0.3, 0.4) is 0 Å². The molecule has 1 N–H and O–H groups in total. The van der Waals surface area contributed by atoms with Gasteiger partial charge in [0.1, 0.15) is 5.02 Å². The Morgan fingerprint density at radius 1 is 1.22 bits per heavy atom. The van der Waals surface area contributed by atoms with Gasteiger partial charge in [0.05, 0.1) is 4.92 Å². The lowest BCUT2D eigenvalue weighted by atomic mass is 10.1. The lowest BCUT2D eigenvalue weighted by Crippen LogP contribution is -2.08. The Hall–Kier alpha value is -2.37. The second kappa shape index (κ2) is 7.26. The lowest BCUT2D eigenvalue weighted by molar-refractivity contribution is -0.384. The van der Waals surface area contributed by atoms with E-state index in [1.54, 1.807) is 31.2 Å². The van der Waals surface area contributed by atoms with Gasteiger partial charge in [0, 0.05) is 22.9 Å². The van der Waals surface area contributed by atoms with Crippen LogP contribution >= 0.6 is 23.2 Å². The van der Waals surface area contributed by atoms with Crippen LogP contribution in [-0.2, 0) is 4.79 Å². The van der Waals surface area contributed by atoms with Crippen LogP contribution in [-0.4, -0.2) is 10.8 Å². The topological polar surface area (TPSA) is 72.2 Å². The molecule has 0 saturated carbocycles. The molecule has 118 valence electrons.